The molecule has 2 N–H and O–H groups in total. The van der Waals surface area contributed by atoms with Gasteiger partial charge in [-0.15, -0.1) is 0 Å². The predicted octanol–water partition coefficient (Wildman–Crippen LogP) is 4.04. The molecule has 2 atom stereocenters. The maximum Gasteiger partial charge on any atom is 0.0997 e. The van der Waals surface area contributed by atoms with Crippen LogP contribution in [0, 0.1) is 12.8 Å². The highest BCUT2D eigenvalue weighted by molar-refractivity contribution is 5.86. The highest BCUT2D eigenvalue weighted by atomic mass is 16.3. The number of aliphatic hydroxyl groups is 1. The van der Waals surface area contributed by atoms with Gasteiger partial charge in [0.1, 0.15) is 0 Å². The van der Waals surface area contributed by atoms with E-state index in [-0.39, 0.29) is 0 Å². The molecule has 0 amide bonds. The second-order valence-electron chi connectivity index (χ2n) is 7.41. The van der Waals surface area contributed by atoms with Gasteiger partial charge in [0.15, 0.2) is 0 Å². The molecule has 2 aliphatic rings. The first kappa shape index (κ1) is 16.3. The smallest absolute Gasteiger partial charge is 0.0997 e. The summed E-state index contributed by atoms with van der Waals surface area (Å²) in [5.74, 6) is 1.45. The van der Waals surface area contributed by atoms with Crippen LogP contribution in [0.4, 0.5) is 0 Å². The van der Waals surface area contributed by atoms with Gasteiger partial charge in [0.05, 0.1) is 18.0 Å². The summed E-state index contributed by atoms with van der Waals surface area (Å²) in [4.78, 5) is 4.59. The van der Waals surface area contributed by atoms with Gasteiger partial charge in [0, 0.05) is 12.5 Å². The molecule has 25 heavy (non-hydrogen) atoms. The van der Waals surface area contributed by atoms with E-state index in [9.17, 15) is 5.11 Å². The van der Waals surface area contributed by atoms with Crippen LogP contribution in [-0.2, 0) is 5.60 Å². The number of rotatable bonds is 3. The zero-order chi connectivity index (χ0) is 17.3. The molecule has 2 aromatic carbocycles. The molecule has 1 aliphatic carbocycles. The van der Waals surface area contributed by atoms with E-state index in [2.05, 4.69) is 59.7 Å². The third kappa shape index (κ3) is 3.21. The molecule has 0 spiro atoms. The van der Waals surface area contributed by atoms with Crippen molar-refractivity contribution in [3.05, 3.63) is 59.7 Å². The van der Waals surface area contributed by atoms with E-state index in [1.807, 2.05) is 6.07 Å². The first-order chi connectivity index (χ1) is 12.2. The van der Waals surface area contributed by atoms with Gasteiger partial charge in [-0.2, -0.15) is 0 Å². The molecule has 1 saturated carbocycles. The molecule has 0 aromatic heterocycles. The van der Waals surface area contributed by atoms with Crippen LogP contribution in [0.1, 0.15) is 36.8 Å². The molecule has 2 aromatic rings. The van der Waals surface area contributed by atoms with Gasteiger partial charge in [0.2, 0.25) is 0 Å². The van der Waals surface area contributed by atoms with Crippen LogP contribution in [0.15, 0.2) is 53.5 Å². The lowest BCUT2D eigenvalue weighted by Crippen LogP contribution is -2.38. The van der Waals surface area contributed by atoms with Crippen LogP contribution >= 0.6 is 0 Å². The zero-order valence-electron chi connectivity index (χ0n) is 14.8. The van der Waals surface area contributed by atoms with Crippen molar-refractivity contribution >= 4 is 5.84 Å². The molecular weight excluding hydrogens is 308 g/mol. The number of hydrogen-bond donors (Lipinski definition) is 2. The fraction of sp³-hybridized carbons (Fsp3) is 0.409. The Morgan fingerprint density at radius 2 is 2.00 bits per heavy atom. The summed E-state index contributed by atoms with van der Waals surface area (Å²) in [6, 6.07) is 16.9. The lowest BCUT2D eigenvalue weighted by atomic mass is 9.73. The third-order valence-electron chi connectivity index (χ3n) is 5.67. The summed E-state index contributed by atoms with van der Waals surface area (Å²) in [5.41, 5.74) is 3.95. The summed E-state index contributed by atoms with van der Waals surface area (Å²) in [5, 5.41) is 14.9. The lowest BCUT2D eigenvalue weighted by Gasteiger charge is -2.37. The quantitative estimate of drug-likeness (QED) is 0.890. The van der Waals surface area contributed by atoms with Crippen LogP contribution in [0.25, 0.3) is 11.1 Å². The highest BCUT2D eigenvalue weighted by Gasteiger charge is 2.38. The normalized spacial score (nSPS) is 26.2. The topological polar surface area (TPSA) is 44.6 Å². The molecule has 0 radical (unpaired) electrons. The Morgan fingerprint density at radius 3 is 2.76 bits per heavy atom. The van der Waals surface area contributed by atoms with E-state index in [4.69, 9.17) is 0 Å². The van der Waals surface area contributed by atoms with Gasteiger partial charge in [0.25, 0.3) is 0 Å². The average Bonchev–Trinajstić information content (AvgIpc) is 3.17. The van der Waals surface area contributed by atoms with Gasteiger partial charge >= 0.3 is 0 Å². The fourth-order valence-electron chi connectivity index (χ4n) is 4.28. The number of benzene rings is 2. The van der Waals surface area contributed by atoms with Crippen molar-refractivity contribution in [3.8, 4) is 11.1 Å². The molecule has 1 heterocycles. The lowest BCUT2D eigenvalue weighted by molar-refractivity contribution is -0.0107. The first-order valence-corrected chi connectivity index (χ1v) is 9.33. The summed E-state index contributed by atoms with van der Waals surface area (Å²) in [6.07, 6.45) is 3.74. The third-order valence-corrected chi connectivity index (χ3v) is 5.67. The van der Waals surface area contributed by atoms with Crippen molar-refractivity contribution < 1.29 is 5.11 Å². The van der Waals surface area contributed by atoms with Crippen LogP contribution in [0.3, 0.4) is 0 Å². The largest absolute Gasteiger partial charge is 0.385 e. The molecule has 2 unspecified atom stereocenters. The van der Waals surface area contributed by atoms with Gasteiger partial charge in [-0.1, -0.05) is 42.5 Å². The van der Waals surface area contributed by atoms with E-state index >= 15 is 0 Å². The van der Waals surface area contributed by atoms with Crippen LogP contribution < -0.4 is 5.32 Å². The first-order valence-electron chi connectivity index (χ1n) is 9.33. The Kier molecular flexibility index (Phi) is 4.34. The molecule has 3 heteroatoms. The molecule has 1 aliphatic heterocycles. The summed E-state index contributed by atoms with van der Waals surface area (Å²) in [7, 11) is 0. The minimum Gasteiger partial charge on any atom is -0.385 e. The number of aliphatic imine (C=N–C) groups is 1. The Balaban J connectivity index is 1.66. The zero-order valence-corrected chi connectivity index (χ0v) is 14.8. The minimum absolute atomic E-state index is 0.350. The molecule has 130 valence electrons. The molecule has 1 fully saturated rings. The fourth-order valence-corrected chi connectivity index (χ4v) is 4.28. The van der Waals surface area contributed by atoms with Crippen molar-refractivity contribution in [1.82, 2.24) is 5.32 Å². The standard InChI is InChI=1S/C22H26N2O/c1-16-9-10-19(14-20(16)17-6-3-2-4-7-17)22(25)11-5-8-18(15-22)21-23-12-13-24-21/h2-4,6-7,9-10,14,18,25H,5,8,11-13,15H2,1H3,(H,23,24). The average molecular weight is 334 g/mol. The Hall–Kier alpha value is -2.13. The van der Waals surface area contributed by atoms with Crippen LogP contribution in [0.5, 0.6) is 0 Å². The van der Waals surface area contributed by atoms with E-state index in [1.165, 1.54) is 16.7 Å². The van der Waals surface area contributed by atoms with E-state index in [0.717, 1.165) is 50.2 Å². The molecular formula is C22H26N2O. The molecule has 4 rings (SSSR count). The predicted molar refractivity (Wildman–Crippen MR) is 103 cm³/mol. The van der Waals surface area contributed by atoms with Crippen molar-refractivity contribution in [3.63, 3.8) is 0 Å². The second-order valence-corrected chi connectivity index (χ2v) is 7.41. The van der Waals surface area contributed by atoms with E-state index < -0.39 is 5.60 Å². The maximum absolute atomic E-state index is 11.5. The van der Waals surface area contributed by atoms with Crippen LogP contribution in [0.2, 0.25) is 0 Å². The Bertz CT molecular complexity index is 784. The van der Waals surface area contributed by atoms with Gasteiger partial charge < -0.3 is 10.4 Å². The van der Waals surface area contributed by atoms with Gasteiger partial charge in [-0.05, 0) is 60.9 Å². The Morgan fingerprint density at radius 1 is 1.16 bits per heavy atom. The molecule has 3 nitrogen and oxygen atoms in total. The van der Waals surface area contributed by atoms with E-state index in [0.29, 0.717) is 5.92 Å². The van der Waals surface area contributed by atoms with Crippen molar-refractivity contribution in [2.24, 2.45) is 10.9 Å². The number of nitrogens with one attached hydrogen (secondary N) is 1. The molecule has 0 bridgehead atoms. The van der Waals surface area contributed by atoms with E-state index in [1.54, 1.807) is 0 Å². The number of hydrogen-bond acceptors (Lipinski definition) is 3. The minimum atomic E-state index is -0.757. The number of aryl methyl sites for hydroxylation is 1. The second kappa shape index (κ2) is 6.64. The summed E-state index contributed by atoms with van der Waals surface area (Å²) in [6.45, 7) is 3.94. The van der Waals surface area contributed by atoms with Crippen LogP contribution in [-0.4, -0.2) is 24.0 Å². The van der Waals surface area contributed by atoms with Crippen molar-refractivity contribution in [2.45, 2.75) is 38.2 Å². The van der Waals surface area contributed by atoms with Crippen molar-refractivity contribution in [2.75, 3.05) is 13.1 Å². The highest BCUT2D eigenvalue weighted by Crippen LogP contribution is 2.42. The number of nitrogens with zero attached hydrogens (tertiary/aromatic N) is 1. The van der Waals surface area contributed by atoms with Crippen molar-refractivity contribution in [1.29, 1.82) is 0 Å². The summed E-state index contributed by atoms with van der Waals surface area (Å²) < 4.78 is 0. The molecule has 0 saturated heterocycles. The maximum atomic E-state index is 11.5. The SMILES string of the molecule is Cc1ccc(C2(O)CCCC(C3=NCCN3)C2)cc1-c1ccccc1. The van der Waals surface area contributed by atoms with Gasteiger partial charge in [-0.25, -0.2) is 0 Å². The Labute approximate surface area is 149 Å². The number of amidine groups is 1. The monoisotopic (exact) mass is 334 g/mol. The summed E-state index contributed by atoms with van der Waals surface area (Å²) >= 11 is 0. The van der Waals surface area contributed by atoms with Gasteiger partial charge in [-0.3, -0.25) is 4.99 Å².